The lowest BCUT2D eigenvalue weighted by molar-refractivity contribution is -0.118. The first-order valence-corrected chi connectivity index (χ1v) is 16.2. The van der Waals surface area contributed by atoms with Crippen molar-refractivity contribution >= 4 is 33.2 Å². The third kappa shape index (κ3) is 5.06. The Labute approximate surface area is 245 Å². The third-order valence-corrected chi connectivity index (χ3v) is 10.9. The van der Waals surface area contributed by atoms with E-state index in [-0.39, 0.29) is 16.7 Å². The molecule has 3 atom stereocenters. The van der Waals surface area contributed by atoms with Crippen molar-refractivity contribution in [2.75, 3.05) is 31.2 Å². The van der Waals surface area contributed by atoms with Gasteiger partial charge in [-0.3, -0.25) is 4.79 Å². The lowest BCUT2D eigenvalue weighted by Gasteiger charge is -2.44. The Morgan fingerprint density at radius 2 is 1.88 bits per heavy atom. The Kier molecular flexibility index (Phi) is 6.66. The number of benzene rings is 3. The number of sulfonamides is 1. The lowest BCUT2D eigenvalue weighted by atomic mass is 9.69. The highest BCUT2D eigenvalue weighted by atomic mass is 35.5. The van der Waals surface area contributed by atoms with Gasteiger partial charge in [0.25, 0.3) is 10.0 Å². The number of halogens is 1. The van der Waals surface area contributed by atoms with Crippen LogP contribution in [-0.4, -0.2) is 40.6 Å². The third-order valence-electron chi connectivity index (χ3n) is 9.32. The SMILES string of the molecule is O=C1Cc2cccc(c2)OC[C@@H]2CC[C@H]2CN2C[C@@]3(CCCc4cc(Cl)ccc43)COc3ccc(cc32)S(=O)(=O)N1. The Morgan fingerprint density at radius 3 is 2.73 bits per heavy atom. The molecule has 3 aromatic rings. The molecule has 1 N–H and O–H groups in total. The number of anilines is 1. The quantitative estimate of drug-likeness (QED) is 0.382. The monoisotopic (exact) mass is 592 g/mol. The van der Waals surface area contributed by atoms with Gasteiger partial charge in [0, 0.05) is 23.5 Å². The van der Waals surface area contributed by atoms with E-state index in [1.807, 2.05) is 24.3 Å². The van der Waals surface area contributed by atoms with Crippen LogP contribution in [0, 0.1) is 11.8 Å². The molecule has 4 aliphatic rings. The molecule has 3 aromatic carbocycles. The maximum absolute atomic E-state index is 13.4. The number of carbonyl (C=O) groups excluding carboxylic acids is 1. The molecule has 2 aliphatic heterocycles. The summed E-state index contributed by atoms with van der Waals surface area (Å²) in [7, 11) is -4.09. The highest BCUT2D eigenvalue weighted by Crippen LogP contribution is 2.46. The zero-order valence-corrected chi connectivity index (χ0v) is 24.3. The summed E-state index contributed by atoms with van der Waals surface area (Å²) in [6.07, 6.45) is 5.11. The van der Waals surface area contributed by atoms with Gasteiger partial charge < -0.3 is 14.4 Å². The van der Waals surface area contributed by atoms with Crippen molar-refractivity contribution in [2.45, 2.75) is 48.8 Å². The minimum atomic E-state index is -4.09. The molecule has 7 rings (SSSR count). The molecule has 0 unspecified atom stereocenters. The maximum atomic E-state index is 13.4. The summed E-state index contributed by atoms with van der Waals surface area (Å²) in [4.78, 5) is 15.2. The molecule has 0 aromatic heterocycles. The Bertz CT molecular complexity index is 1630. The van der Waals surface area contributed by atoms with Crippen LogP contribution in [0.3, 0.4) is 0 Å². The fourth-order valence-electron chi connectivity index (χ4n) is 7.02. The number of rotatable bonds is 0. The molecule has 7 nitrogen and oxygen atoms in total. The van der Waals surface area contributed by atoms with Crippen molar-refractivity contribution in [1.29, 1.82) is 0 Å². The van der Waals surface area contributed by atoms with Gasteiger partial charge in [0.05, 0.1) is 30.2 Å². The number of amides is 1. The predicted octanol–water partition coefficient (Wildman–Crippen LogP) is 5.28. The minimum absolute atomic E-state index is 0.0549. The predicted molar refractivity (Wildman–Crippen MR) is 157 cm³/mol. The lowest BCUT2D eigenvalue weighted by Crippen LogP contribution is -2.49. The number of carbonyl (C=O) groups is 1. The first kappa shape index (κ1) is 26.7. The molecule has 0 radical (unpaired) electrons. The van der Waals surface area contributed by atoms with Crippen LogP contribution in [0.5, 0.6) is 11.5 Å². The molecule has 2 heterocycles. The van der Waals surface area contributed by atoms with Crippen molar-refractivity contribution in [3.05, 3.63) is 82.4 Å². The van der Waals surface area contributed by atoms with E-state index in [0.717, 1.165) is 49.4 Å². The van der Waals surface area contributed by atoms with E-state index in [9.17, 15) is 13.2 Å². The first-order valence-electron chi connectivity index (χ1n) is 14.4. The second-order valence-electron chi connectivity index (χ2n) is 12.0. The van der Waals surface area contributed by atoms with Gasteiger partial charge in [0.2, 0.25) is 5.91 Å². The van der Waals surface area contributed by atoms with Crippen molar-refractivity contribution < 1.29 is 22.7 Å². The molecule has 2 aliphatic carbocycles. The zero-order chi connectivity index (χ0) is 28.2. The van der Waals surface area contributed by atoms with Crippen LogP contribution in [0.4, 0.5) is 5.69 Å². The van der Waals surface area contributed by atoms with E-state index < -0.39 is 15.9 Å². The van der Waals surface area contributed by atoms with Gasteiger partial charge >= 0.3 is 0 Å². The molecule has 9 heteroatoms. The van der Waals surface area contributed by atoms with Crippen LogP contribution in [0.1, 0.15) is 42.4 Å². The van der Waals surface area contributed by atoms with Gasteiger partial charge in [-0.25, -0.2) is 13.1 Å². The second-order valence-corrected chi connectivity index (χ2v) is 14.1. The van der Waals surface area contributed by atoms with Crippen molar-refractivity contribution in [3.8, 4) is 11.5 Å². The summed E-state index contributed by atoms with van der Waals surface area (Å²) < 4.78 is 41.8. The van der Waals surface area contributed by atoms with Crippen LogP contribution in [0.15, 0.2) is 65.6 Å². The smallest absolute Gasteiger partial charge is 0.264 e. The molecule has 1 amide bonds. The highest BCUT2D eigenvalue weighted by molar-refractivity contribution is 7.90. The second kappa shape index (κ2) is 10.2. The molecule has 1 saturated carbocycles. The number of fused-ring (bicyclic) bond motifs is 6. The summed E-state index contributed by atoms with van der Waals surface area (Å²) in [5, 5.41) is 0.739. The van der Waals surface area contributed by atoms with Crippen molar-refractivity contribution in [3.63, 3.8) is 0 Å². The summed E-state index contributed by atoms with van der Waals surface area (Å²) in [5.74, 6) is 1.57. The topological polar surface area (TPSA) is 84.9 Å². The van der Waals surface area contributed by atoms with E-state index in [1.165, 1.54) is 17.2 Å². The number of ether oxygens (including phenoxy) is 2. The Hall–Kier alpha value is -3.23. The zero-order valence-electron chi connectivity index (χ0n) is 22.8. The van der Waals surface area contributed by atoms with Crippen molar-refractivity contribution in [2.24, 2.45) is 11.8 Å². The standard InChI is InChI=1S/C32H33ClN2O5S/c33-25-8-10-28-22(15-25)4-2-12-32(28)19-35-17-23-6-7-24(23)18-39-26-5-1-3-21(13-26)14-31(36)34-41(37,38)27-9-11-30(40-20-32)29(35)16-27/h1,3,5,8-11,13,15-16,23-24H,2,4,6-7,12,14,17-20H2,(H,34,36)/t23-,24-,32-/m0/s1. The van der Waals surface area contributed by atoms with Gasteiger partial charge in [0.1, 0.15) is 11.5 Å². The average molecular weight is 593 g/mol. The van der Waals surface area contributed by atoms with Gasteiger partial charge in [-0.1, -0.05) is 29.8 Å². The number of nitrogens with one attached hydrogen (secondary N) is 1. The molecule has 41 heavy (non-hydrogen) atoms. The van der Waals surface area contributed by atoms with Crippen LogP contribution >= 0.6 is 11.6 Å². The summed E-state index contributed by atoms with van der Waals surface area (Å²) in [5.41, 5.74) is 3.73. The molecule has 4 bridgehead atoms. The van der Waals surface area contributed by atoms with Gasteiger partial charge in [-0.15, -0.1) is 0 Å². The number of aryl methyl sites for hydroxylation is 1. The van der Waals surface area contributed by atoms with E-state index >= 15 is 0 Å². The van der Waals surface area contributed by atoms with E-state index in [0.29, 0.717) is 48.7 Å². The summed E-state index contributed by atoms with van der Waals surface area (Å²) in [6.45, 7) is 2.58. The molecule has 0 saturated heterocycles. The van der Waals surface area contributed by atoms with Gasteiger partial charge in [-0.2, -0.15) is 0 Å². The molecular weight excluding hydrogens is 560 g/mol. The van der Waals surface area contributed by atoms with Crippen LogP contribution in [-0.2, 0) is 33.1 Å². The van der Waals surface area contributed by atoms with E-state index in [4.69, 9.17) is 21.1 Å². The fraction of sp³-hybridized carbons (Fsp3) is 0.406. The molecule has 1 spiro atoms. The molecule has 214 valence electrons. The average Bonchev–Trinajstić information content (AvgIpc) is 3.07. The minimum Gasteiger partial charge on any atom is -0.493 e. The fourth-order valence-corrected chi connectivity index (χ4v) is 8.22. The Morgan fingerprint density at radius 1 is 1.00 bits per heavy atom. The van der Waals surface area contributed by atoms with Crippen molar-refractivity contribution in [1.82, 2.24) is 4.72 Å². The maximum Gasteiger partial charge on any atom is 0.264 e. The number of nitrogens with zero attached hydrogens (tertiary/aromatic N) is 1. The first-order chi connectivity index (χ1) is 19.8. The summed E-state index contributed by atoms with van der Waals surface area (Å²) in [6, 6.07) is 18.5. The normalized spacial score (nSPS) is 26.8. The van der Waals surface area contributed by atoms with Gasteiger partial charge in [-0.05, 0) is 103 Å². The van der Waals surface area contributed by atoms with Crippen LogP contribution in [0.25, 0.3) is 0 Å². The largest absolute Gasteiger partial charge is 0.493 e. The van der Waals surface area contributed by atoms with E-state index in [2.05, 4.69) is 21.8 Å². The highest BCUT2D eigenvalue weighted by Gasteiger charge is 2.43. The summed E-state index contributed by atoms with van der Waals surface area (Å²) >= 11 is 6.38. The van der Waals surface area contributed by atoms with Crippen LogP contribution < -0.4 is 19.1 Å². The molecular formula is C32H33ClN2O5S. The number of hydrogen-bond acceptors (Lipinski definition) is 6. The number of hydrogen-bond donors (Lipinski definition) is 1. The Balaban J connectivity index is 1.30. The van der Waals surface area contributed by atoms with E-state index in [1.54, 1.807) is 18.2 Å². The molecule has 1 fully saturated rings. The van der Waals surface area contributed by atoms with Gasteiger partial charge in [0.15, 0.2) is 0 Å². The van der Waals surface area contributed by atoms with Crippen LogP contribution in [0.2, 0.25) is 5.02 Å².